The molecule has 0 radical (unpaired) electrons. The molecule has 15 heavy (non-hydrogen) atoms. The number of nitrogens with zero attached hydrogens (tertiary/aromatic N) is 3. The van der Waals surface area contributed by atoms with Crippen LogP contribution < -0.4 is 5.01 Å². The first-order valence-corrected chi connectivity index (χ1v) is 4.73. The Morgan fingerprint density at radius 3 is 3.00 bits per heavy atom. The summed E-state index contributed by atoms with van der Waals surface area (Å²) in [6.45, 7) is 0.970. The highest BCUT2D eigenvalue weighted by atomic mass is 16.6. The Kier molecular flexibility index (Phi) is 1.65. The number of rotatable bonds is 1. The summed E-state index contributed by atoms with van der Waals surface area (Å²) >= 11 is 0. The third kappa shape index (κ3) is 1.16. The third-order valence-corrected chi connectivity index (χ3v) is 2.43. The van der Waals surface area contributed by atoms with Crippen molar-refractivity contribution in [1.82, 2.24) is 9.89 Å². The van der Waals surface area contributed by atoms with E-state index in [1.54, 1.807) is 11.0 Å². The Morgan fingerprint density at radius 2 is 2.20 bits per heavy atom. The van der Waals surface area contributed by atoms with Crippen molar-refractivity contribution in [2.24, 2.45) is 0 Å². The lowest BCUT2D eigenvalue weighted by atomic mass is 10.3. The van der Waals surface area contributed by atoms with Gasteiger partial charge in [-0.15, -0.1) is 0 Å². The molecule has 5 nitrogen and oxygen atoms in total. The van der Waals surface area contributed by atoms with Crippen molar-refractivity contribution in [3.05, 3.63) is 30.5 Å². The van der Waals surface area contributed by atoms with Crippen molar-refractivity contribution in [3.63, 3.8) is 0 Å². The monoisotopic (exact) mass is 203 g/mol. The molecule has 3 rings (SSSR count). The van der Waals surface area contributed by atoms with Crippen LogP contribution in [0.25, 0.3) is 10.9 Å². The normalized spacial score (nSPS) is 16.0. The Hall–Kier alpha value is -2.04. The van der Waals surface area contributed by atoms with E-state index in [0.29, 0.717) is 13.2 Å². The zero-order valence-corrected chi connectivity index (χ0v) is 7.96. The van der Waals surface area contributed by atoms with Gasteiger partial charge in [0.15, 0.2) is 0 Å². The highest BCUT2D eigenvalue weighted by molar-refractivity contribution is 5.85. The Bertz CT molecular complexity index is 520. The molecule has 1 saturated heterocycles. The Morgan fingerprint density at radius 1 is 1.33 bits per heavy atom. The molecule has 1 aromatic heterocycles. The number of hydrogen-bond donors (Lipinski definition) is 0. The molecule has 0 atom stereocenters. The van der Waals surface area contributed by atoms with Crippen LogP contribution in [0.2, 0.25) is 0 Å². The highest BCUT2D eigenvalue weighted by Crippen LogP contribution is 2.14. The second-order valence-corrected chi connectivity index (χ2v) is 3.33. The minimum atomic E-state index is -0.344. The van der Waals surface area contributed by atoms with Crippen LogP contribution in [0.1, 0.15) is 0 Å². The van der Waals surface area contributed by atoms with Crippen LogP contribution in [0.4, 0.5) is 4.79 Å². The van der Waals surface area contributed by atoms with Gasteiger partial charge >= 0.3 is 6.09 Å². The SMILES string of the molecule is O=C1OCCN1n1ncc2ccccc21. The van der Waals surface area contributed by atoms with Crippen LogP contribution in [0, 0.1) is 0 Å². The molecule has 1 fully saturated rings. The molecule has 0 spiro atoms. The van der Waals surface area contributed by atoms with Crippen molar-refractivity contribution >= 4 is 17.0 Å². The lowest BCUT2D eigenvalue weighted by molar-refractivity contribution is 0.178. The fourth-order valence-electron chi connectivity index (χ4n) is 1.71. The summed E-state index contributed by atoms with van der Waals surface area (Å²) in [5.41, 5.74) is 0.913. The zero-order chi connectivity index (χ0) is 10.3. The average Bonchev–Trinajstić information content (AvgIpc) is 2.83. The summed E-state index contributed by atoms with van der Waals surface area (Å²) in [7, 11) is 0. The number of para-hydroxylation sites is 1. The number of amides is 1. The van der Waals surface area contributed by atoms with Crippen LogP contribution in [0.5, 0.6) is 0 Å². The number of hydrogen-bond acceptors (Lipinski definition) is 3. The molecule has 2 heterocycles. The van der Waals surface area contributed by atoms with Gasteiger partial charge in [-0.2, -0.15) is 14.9 Å². The molecule has 2 aromatic rings. The molecule has 1 aliphatic heterocycles. The van der Waals surface area contributed by atoms with Gasteiger partial charge in [0.2, 0.25) is 0 Å². The molecule has 0 saturated carbocycles. The summed E-state index contributed by atoms with van der Waals surface area (Å²) in [6.07, 6.45) is 1.39. The molecule has 0 N–H and O–H groups in total. The van der Waals surface area contributed by atoms with E-state index in [0.717, 1.165) is 10.9 Å². The van der Waals surface area contributed by atoms with Gasteiger partial charge in [0.05, 0.1) is 18.3 Å². The molecule has 1 aromatic carbocycles. The largest absolute Gasteiger partial charge is 0.446 e. The molecule has 0 aliphatic carbocycles. The summed E-state index contributed by atoms with van der Waals surface area (Å²) in [4.78, 5) is 12.9. The van der Waals surface area contributed by atoms with Crippen molar-refractivity contribution in [2.75, 3.05) is 18.2 Å². The van der Waals surface area contributed by atoms with Crippen LogP contribution in [0.15, 0.2) is 30.5 Å². The third-order valence-electron chi connectivity index (χ3n) is 2.43. The lowest BCUT2D eigenvalue weighted by Gasteiger charge is -2.12. The van der Waals surface area contributed by atoms with Gasteiger partial charge in [0.1, 0.15) is 6.61 Å². The van der Waals surface area contributed by atoms with E-state index in [2.05, 4.69) is 5.10 Å². The first-order valence-electron chi connectivity index (χ1n) is 4.73. The summed E-state index contributed by atoms with van der Waals surface area (Å²) < 4.78 is 4.86. The van der Waals surface area contributed by atoms with Gasteiger partial charge in [-0.05, 0) is 6.07 Å². The highest BCUT2D eigenvalue weighted by Gasteiger charge is 2.25. The minimum Gasteiger partial charge on any atom is -0.446 e. The number of carbonyl (C=O) groups excluding carboxylic acids is 1. The lowest BCUT2D eigenvalue weighted by Crippen LogP contribution is -2.35. The maximum atomic E-state index is 11.4. The van der Waals surface area contributed by atoms with Crippen LogP contribution in [-0.2, 0) is 4.74 Å². The van der Waals surface area contributed by atoms with Gasteiger partial charge in [-0.1, -0.05) is 18.2 Å². The smallest absolute Gasteiger partial charge is 0.430 e. The first kappa shape index (κ1) is 8.28. The van der Waals surface area contributed by atoms with Crippen LogP contribution in [0.3, 0.4) is 0 Å². The maximum Gasteiger partial charge on any atom is 0.430 e. The van der Waals surface area contributed by atoms with Gasteiger partial charge in [-0.25, -0.2) is 4.79 Å². The number of carbonyl (C=O) groups is 1. The van der Waals surface area contributed by atoms with E-state index in [1.165, 1.54) is 5.01 Å². The van der Waals surface area contributed by atoms with Crippen molar-refractivity contribution in [2.45, 2.75) is 0 Å². The topological polar surface area (TPSA) is 47.4 Å². The Labute approximate surface area is 85.8 Å². The number of ether oxygens (including phenoxy) is 1. The number of benzene rings is 1. The van der Waals surface area contributed by atoms with E-state index in [9.17, 15) is 4.79 Å². The molecule has 5 heteroatoms. The van der Waals surface area contributed by atoms with Gasteiger partial charge < -0.3 is 4.74 Å². The van der Waals surface area contributed by atoms with Crippen molar-refractivity contribution in [3.8, 4) is 0 Å². The van der Waals surface area contributed by atoms with E-state index >= 15 is 0 Å². The average molecular weight is 203 g/mol. The summed E-state index contributed by atoms with van der Waals surface area (Å²) in [5, 5.41) is 6.67. The molecule has 0 unspecified atom stereocenters. The first-order chi connectivity index (χ1) is 7.36. The van der Waals surface area contributed by atoms with E-state index in [1.807, 2.05) is 24.3 Å². The number of fused-ring (bicyclic) bond motifs is 1. The minimum absolute atomic E-state index is 0.344. The van der Waals surface area contributed by atoms with E-state index in [-0.39, 0.29) is 6.09 Å². The predicted octanol–water partition coefficient (Wildman–Crippen LogP) is 1.12. The summed E-state index contributed by atoms with van der Waals surface area (Å²) in [5.74, 6) is 0. The summed E-state index contributed by atoms with van der Waals surface area (Å²) in [6, 6.07) is 7.74. The van der Waals surface area contributed by atoms with Crippen LogP contribution in [-0.4, -0.2) is 29.1 Å². The Balaban J connectivity index is 2.14. The van der Waals surface area contributed by atoms with Gasteiger partial charge in [0, 0.05) is 5.39 Å². The quantitative estimate of drug-likeness (QED) is 0.697. The number of cyclic esters (lactones) is 1. The number of aromatic nitrogens is 2. The van der Waals surface area contributed by atoms with E-state index < -0.39 is 0 Å². The molecule has 1 amide bonds. The molecule has 0 bridgehead atoms. The second kappa shape index (κ2) is 2.98. The molecule has 1 aliphatic rings. The van der Waals surface area contributed by atoms with Crippen molar-refractivity contribution < 1.29 is 9.53 Å². The van der Waals surface area contributed by atoms with Crippen molar-refractivity contribution in [1.29, 1.82) is 0 Å². The molecule has 76 valence electrons. The standard InChI is InChI=1S/C10H9N3O2/c14-10-12(5-6-15-10)13-9-4-2-1-3-8(9)7-11-13/h1-4,7H,5-6H2. The van der Waals surface area contributed by atoms with E-state index in [4.69, 9.17) is 4.74 Å². The fraction of sp³-hybridized carbons (Fsp3) is 0.200. The zero-order valence-electron chi connectivity index (χ0n) is 7.96. The van der Waals surface area contributed by atoms with Gasteiger partial charge in [0.25, 0.3) is 0 Å². The predicted molar refractivity (Wildman–Crippen MR) is 54.2 cm³/mol. The maximum absolute atomic E-state index is 11.4. The van der Waals surface area contributed by atoms with Gasteiger partial charge in [-0.3, -0.25) is 0 Å². The van der Waals surface area contributed by atoms with Crippen LogP contribution >= 0.6 is 0 Å². The molecular weight excluding hydrogens is 194 g/mol. The fourth-order valence-corrected chi connectivity index (χ4v) is 1.71. The second-order valence-electron chi connectivity index (χ2n) is 3.33. The molecular formula is C10H9N3O2.